The van der Waals surface area contributed by atoms with E-state index in [9.17, 15) is 0 Å². The lowest BCUT2D eigenvalue weighted by Gasteiger charge is -2.08. The van der Waals surface area contributed by atoms with E-state index in [1.165, 1.54) is 0 Å². The van der Waals surface area contributed by atoms with Crippen LogP contribution in [-0.4, -0.2) is 7.11 Å². The van der Waals surface area contributed by atoms with Crippen LogP contribution in [0.3, 0.4) is 0 Å². The van der Waals surface area contributed by atoms with E-state index in [4.69, 9.17) is 10.00 Å². The highest BCUT2D eigenvalue weighted by Gasteiger charge is 2.08. The Bertz CT molecular complexity index is 540. The molecular weight excluding hydrogens is 198 g/mol. The first-order chi connectivity index (χ1) is 7.86. The van der Waals surface area contributed by atoms with Crippen LogP contribution in [0.5, 0.6) is 5.75 Å². The zero-order valence-electron chi connectivity index (χ0n) is 8.90. The fourth-order valence-corrected chi connectivity index (χ4v) is 1.60. The lowest BCUT2D eigenvalue weighted by Crippen LogP contribution is -1.89. The Balaban J connectivity index is 2.64. The van der Waals surface area contributed by atoms with E-state index in [-0.39, 0.29) is 0 Å². The quantitative estimate of drug-likeness (QED) is 0.760. The Hall–Kier alpha value is -2.27. The topological polar surface area (TPSA) is 33.0 Å². The maximum atomic E-state index is 9.03. The second kappa shape index (κ2) is 4.50. The molecule has 0 saturated heterocycles. The molecule has 0 fully saturated rings. The highest BCUT2D eigenvalue weighted by Crippen LogP contribution is 2.31. The second-order valence-corrected chi connectivity index (χ2v) is 3.27. The number of hydrogen-bond donors (Lipinski definition) is 0. The van der Waals surface area contributed by atoms with Crippen molar-refractivity contribution in [2.45, 2.75) is 0 Å². The minimum absolute atomic E-state index is 0.604. The first-order valence-electron chi connectivity index (χ1n) is 4.91. The van der Waals surface area contributed by atoms with Crippen LogP contribution in [0.25, 0.3) is 11.1 Å². The third-order valence-corrected chi connectivity index (χ3v) is 2.35. The van der Waals surface area contributed by atoms with Gasteiger partial charge in [0.25, 0.3) is 0 Å². The second-order valence-electron chi connectivity index (χ2n) is 3.27. The molecule has 0 aliphatic rings. The average molecular weight is 208 g/mol. The molecule has 0 N–H and O–H groups in total. The molecule has 0 bridgehead atoms. The predicted octanol–water partition coefficient (Wildman–Crippen LogP) is 3.03. The van der Waals surface area contributed by atoms with Gasteiger partial charge in [-0.05, 0) is 18.2 Å². The van der Waals surface area contributed by atoms with Crippen molar-refractivity contribution in [1.82, 2.24) is 0 Å². The lowest BCUT2D eigenvalue weighted by molar-refractivity contribution is 0.416. The molecule has 0 amide bonds. The third kappa shape index (κ3) is 1.76. The van der Waals surface area contributed by atoms with Gasteiger partial charge in [0, 0.05) is 11.1 Å². The predicted molar refractivity (Wildman–Crippen MR) is 62.0 cm³/mol. The molecule has 0 saturated carbocycles. The van der Waals surface area contributed by atoms with Crippen molar-refractivity contribution in [3.8, 4) is 22.9 Å². The van der Waals surface area contributed by atoms with Crippen molar-refractivity contribution >= 4 is 0 Å². The van der Waals surface area contributed by atoms with E-state index < -0.39 is 0 Å². The van der Waals surface area contributed by atoms with E-state index in [0.717, 1.165) is 16.9 Å². The van der Waals surface area contributed by atoms with Crippen molar-refractivity contribution in [3.05, 3.63) is 54.1 Å². The number of nitriles is 1. The van der Waals surface area contributed by atoms with Crippen molar-refractivity contribution in [2.24, 2.45) is 0 Å². The molecule has 2 rings (SSSR count). The van der Waals surface area contributed by atoms with Gasteiger partial charge < -0.3 is 4.74 Å². The summed E-state index contributed by atoms with van der Waals surface area (Å²) >= 11 is 0. The molecule has 0 heterocycles. The van der Waals surface area contributed by atoms with Crippen LogP contribution in [-0.2, 0) is 0 Å². The smallest absolute Gasteiger partial charge is 0.126 e. The van der Waals surface area contributed by atoms with Crippen LogP contribution in [0.15, 0.2) is 42.5 Å². The first-order valence-corrected chi connectivity index (χ1v) is 4.91. The molecule has 0 aliphatic heterocycles. The number of benzene rings is 2. The zero-order valence-corrected chi connectivity index (χ0v) is 8.90. The Kier molecular flexibility index (Phi) is 2.88. The molecule has 0 spiro atoms. The van der Waals surface area contributed by atoms with Gasteiger partial charge in [0.15, 0.2) is 0 Å². The normalized spacial score (nSPS) is 9.50. The van der Waals surface area contributed by atoms with Crippen LogP contribution < -0.4 is 4.74 Å². The Morgan fingerprint density at radius 1 is 1.19 bits per heavy atom. The largest absolute Gasteiger partial charge is 0.496 e. The molecule has 2 heteroatoms. The summed E-state index contributed by atoms with van der Waals surface area (Å²) in [6.07, 6.45) is 0. The summed E-state index contributed by atoms with van der Waals surface area (Å²) in [4.78, 5) is 0. The molecule has 77 valence electrons. The fraction of sp³-hybridized carbons (Fsp3) is 0.0714. The van der Waals surface area contributed by atoms with E-state index in [1.54, 1.807) is 25.3 Å². The van der Waals surface area contributed by atoms with Crippen LogP contribution in [0, 0.1) is 17.4 Å². The number of ether oxygens (including phenoxy) is 1. The molecule has 0 atom stereocenters. The van der Waals surface area contributed by atoms with Gasteiger partial charge in [0.1, 0.15) is 5.75 Å². The number of methoxy groups -OCH3 is 1. The maximum Gasteiger partial charge on any atom is 0.126 e. The number of para-hydroxylation sites is 1. The van der Waals surface area contributed by atoms with Crippen LogP contribution >= 0.6 is 0 Å². The number of rotatable bonds is 2. The molecule has 0 aliphatic carbocycles. The SMILES string of the molecule is COc1ccccc1-c1[c]cccc1C#N. The monoisotopic (exact) mass is 208 g/mol. The molecule has 16 heavy (non-hydrogen) atoms. The number of hydrogen-bond acceptors (Lipinski definition) is 2. The molecule has 1 radical (unpaired) electrons. The number of nitrogens with zero attached hydrogens (tertiary/aromatic N) is 1. The lowest BCUT2D eigenvalue weighted by atomic mass is 10.00. The van der Waals surface area contributed by atoms with Gasteiger partial charge >= 0.3 is 0 Å². The van der Waals surface area contributed by atoms with Crippen molar-refractivity contribution in [2.75, 3.05) is 7.11 Å². The highest BCUT2D eigenvalue weighted by molar-refractivity contribution is 5.75. The average Bonchev–Trinajstić information content (AvgIpc) is 2.38. The molecule has 0 aromatic heterocycles. The molecular formula is C14H10NO. The summed E-state index contributed by atoms with van der Waals surface area (Å²) in [6, 6.07) is 18.2. The van der Waals surface area contributed by atoms with Gasteiger partial charge in [-0.15, -0.1) is 0 Å². The summed E-state index contributed by atoms with van der Waals surface area (Å²) in [6.45, 7) is 0. The van der Waals surface area contributed by atoms with Crippen LogP contribution in [0.2, 0.25) is 0 Å². The van der Waals surface area contributed by atoms with Crippen molar-refractivity contribution in [3.63, 3.8) is 0 Å². The first kappa shape index (κ1) is 10.3. The minimum atomic E-state index is 0.604. The maximum absolute atomic E-state index is 9.03. The van der Waals surface area contributed by atoms with Gasteiger partial charge in [-0.3, -0.25) is 0 Å². The van der Waals surface area contributed by atoms with Crippen LogP contribution in [0.4, 0.5) is 0 Å². The third-order valence-electron chi connectivity index (χ3n) is 2.35. The van der Waals surface area contributed by atoms with Gasteiger partial charge in [-0.25, -0.2) is 0 Å². The van der Waals surface area contributed by atoms with Crippen LogP contribution in [0.1, 0.15) is 5.56 Å². The van der Waals surface area contributed by atoms with Gasteiger partial charge in [0.2, 0.25) is 0 Å². The fourth-order valence-electron chi connectivity index (χ4n) is 1.60. The summed E-state index contributed by atoms with van der Waals surface area (Å²) in [5.74, 6) is 0.751. The van der Waals surface area contributed by atoms with Gasteiger partial charge in [-0.1, -0.05) is 30.3 Å². The summed E-state index contributed by atoms with van der Waals surface area (Å²) in [7, 11) is 1.62. The zero-order chi connectivity index (χ0) is 11.4. The van der Waals surface area contributed by atoms with Crippen molar-refractivity contribution < 1.29 is 4.74 Å². The van der Waals surface area contributed by atoms with E-state index in [2.05, 4.69) is 12.1 Å². The molecule has 2 aromatic rings. The Morgan fingerprint density at radius 3 is 2.75 bits per heavy atom. The summed E-state index contributed by atoms with van der Waals surface area (Å²) in [5.41, 5.74) is 2.27. The van der Waals surface area contributed by atoms with Gasteiger partial charge in [-0.2, -0.15) is 5.26 Å². The minimum Gasteiger partial charge on any atom is -0.496 e. The van der Waals surface area contributed by atoms with Crippen molar-refractivity contribution in [1.29, 1.82) is 5.26 Å². The molecule has 0 unspecified atom stereocenters. The molecule has 2 nitrogen and oxygen atoms in total. The standard InChI is InChI=1S/C14H10NO/c1-16-14-9-5-4-8-13(14)12-7-3-2-6-11(12)10-15/h2-6,8-9H,1H3. The summed E-state index contributed by atoms with van der Waals surface area (Å²) in [5, 5.41) is 9.03. The van der Waals surface area contributed by atoms with Gasteiger partial charge in [0.05, 0.1) is 18.7 Å². The highest BCUT2D eigenvalue weighted by atomic mass is 16.5. The van der Waals surface area contributed by atoms with E-state index in [0.29, 0.717) is 5.56 Å². The Labute approximate surface area is 94.7 Å². The molecule has 2 aromatic carbocycles. The summed E-state index contributed by atoms with van der Waals surface area (Å²) < 4.78 is 5.27. The van der Waals surface area contributed by atoms with E-state index >= 15 is 0 Å². The Morgan fingerprint density at radius 2 is 2.00 bits per heavy atom. The van der Waals surface area contributed by atoms with E-state index in [1.807, 2.05) is 24.3 Å².